The maximum atomic E-state index is 12.0. The van der Waals surface area contributed by atoms with Crippen LogP contribution in [0.2, 0.25) is 0 Å². The van der Waals surface area contributed by atoms with Crippen LogP contribution >= 0.6 is 23.5 Å². The number of amidine groups is 1. The van der Waals surface area contributed by atoms with Gasteiger partial charge >= 0.3 is 16.5 Å². The number of hydrogen-bond donors (Lipinski definition) is 4. The predicted octanol–water partition coefficient (Wildman–Crippen LogP) is 2.08. The van der Waals surface area contributed by atoms with Gasteiger partial charge in [0, 0.05) is 24.7 Å². The van der Waals surface area contributed by atoms with E-state index in [1.165, 1.54) is 23.5 Å². The monoisotopic (exact) mass is 469 g/mol. The summed E-state index contributed by atoms with van der Waals surface area (Å²) in [6.07, 6.45) is 6.02. The van der Waals surface area contributed by atoms with Gasteiger partial charge in [-0.2, -0.15) is 8.42 Å². The van der Waals surface area contributed by atoms with E-state index in [-0.39, 0.29) is 11.3 Å². The number of rotatable bonds is 1. The Morgan fingerprint density at radius 2 is 1.86 bits per heavy atom. The second-order valence-electron chi connectivity index (χ2n) is 6.50. The van der Waals surface area contributed by atoms with E-state index < -0.39 is 16.0 Å². The highest BCUT2D eigenvalue weighted by atomic mass is 32.3. The molecule has 1 aromatic rings. The lowest BCUT2D eigenvalue weighted by atomic mass is 10.1. The molecule has 0 spiro atoms. The van der Waals surface area contributed by atoms with E-state index in [9.17, 15) is 4.79 Å². The van der Waals surface area contributed by atoms with Crippen molar-refractivity contribution >= 4 is 45.2 Å². The second-order valence-corrected chi connectivity index (χ2v) is 9.01. The van der Waals surface area contributed by atoms with Crippen molar-refractivity contribution in [1.82, 2.24) is 14.9 Å². The Morgan fingerprint density at radius 1 is 1.34 bits per heavy atom. The number of ether oxygens (including phenoxy) is 1. The molecule has 0 fully saturated rings. The molecule has 2 heterocycles. The van der Waals surface area contributed by atoms with Gasteiger partial charge in [0.1, 0.15) is 5.60 Å². The highest BCUT2D eigenvalue weighted by Crippen LogP contribution is 2.21. The van der Waals surface area contributed by atoms with Crippen molar-refractivity contribution in [1.29, 1.82) is 5.41 Å². The molecule has 1 aliphatic rings. The van der Waals surface area contributed by atoms with Crippen LogP contribution in [0.4, 0.5) is 4.79 Å². The highest BCUT2D eigenvalue weighted by Gasteiger charge is 2.26. The summed E-state index contributed by atoms with van der Waals surface area (Å²) in [5.74, 6) is 0. The molecular formula is C15H27N5O6S3. The number of hydrogen-bond acceptors (Lipinski definition) is 9. The number of nitrogens with one attached hydrogen (secondary N) is 1. The Bertz CT molecular complexity index is 790. The zero-order valence-electron chi connectivity index (χ0n) is 16.9. The summed E-state index contributed by atoms with van der Waals surface area (Å²) in [5, 5.41) is 7.44. The van der Waals surface area contributed by atoms with Crippen LogP contribution < -0.4 is 5.73 Å². The number of carbonyl (C=O) groups is 1. The summed E-state index contributed by atoms with van der Waals surface area (Å²) in [6.45, 7) is 6.79. The number of aromatic nitrogens is 2. The molecule has 0 radical (unpaired) electrons. The topological polar surface area (TPSA) is 180 Å². The Morgan fingerprint density at radius 3 is 2.28 bits per heavy atom. The SMILES string of the molecule is CSC(=N)N.CSc1ncc2c(n1)CCN(C(=O)OC(C)(C)C)C2.O=S(=O)(O)O. The zero-order chi connectivity index (χ0) is 22.8. The molecule has 2 rings (SSSR count). The van der Waals surface area contributed by atoms with Gasteiger partial charge in [0.05, 0.1) is 12.2 Å². The zero-order valence-corrected chi connectivity index (χ0v) is 19.3. The second kappa shape index (κ2) is 12.2. The van der Waals surface area contributed by atoms with Crippen molar-refractivity contribution in [3.63, 3.8) is 0 Å². The van der Waals surface area contributed by atoms with Crippen LogP contribution in [0, 0.1) is 5.41 Å². The quantitative estimate of drug-likeness (QED) is 0.155. The molecule has 1 aromatic heterocycles. The van der Waals surface area contributed by atoms with Gasteiger partial charge in [0.15, 0.2) is 10.3 Å². The number of fused-ring (bicyclic) bond motifs is 1. The molecule has 5 N–H and O–H groups in total. The van der Waals surface area contributed by atoms with Gasteiger partial charge in [-0.25, -0.2) is 14.8 Å². The van der Waals surface area contributed by atoms with E-state index >= 15 is 0 Å². The van der Waals surface area contributed by atoms with Crippen LogP contribution in [0.3, 0.4) is 0 Å². The van der Waals surface area contributed by atoms with E-state index in [0.29, 0.717) is 13.1 Å². The molecule has 0 aromatic carbocycles. The van der Waals surface area contributed by atoms with Crippen LogP contribution in [-0.2, 0) is 28.1 Å². The number of nitrogens with two attached hydrogens (primary N) is 1. The van der Waals surface area contributed by atoms with Gasteiger partial charge in [-0.3, -0.25) is 14.5 Å². The van der Waals surface area contributed by atoms with E-state index in [4.69, 9.17) is 33.4 Å². The lowest BCUT2D eigenvalue weighted by Crippen LogP contribution is -2.40. The first-order valence-electron chi connectivity index (χ1n) is 8.11. The number of carbonyl (C=O) groups excluding carboxylic acids is 1. The van der Waals surface area contributed by atoms with Crippen LogP contribution in [0.25, 0.3) is 0 Å². The van der Waals surface area contributed by atoms with Crippen LogP contribution in [0.15, 0.2) is 11.4 Å². The van der Waals surface area contributed by atoms with E-state index in [1.807, 2.05) is 33.2 Å². The first-order chi connectivity index (χ1) is 13.2. The molecule has 0 bridgehead atoms. The first-order valence-corrected chi connectivity index (χ1v) is 12.0. The maximum Gasteiger partial charge on any atom is 0.410 e. The highest BCUT2D eigenvalue weighted by molar-refractivity contribution is 8.13. The fourth-order valence-corrected chi connectivity index (χ4v) is 2.24. The third-order valence-corrected chi connectivity index (χ3v) is 3.97. The van der Waals surface area contributed by atoms with E-state index in [1.54, 1.807) is 11.2 Å². The Balaban J connectivity index is 0.000000653. The molecular weight excluding hydrogens is 442 g/mol. The predicted molar refractivity (Wildman–Crippen MR) is 114 cm³/mol. The molecule has 166 valence electrons. The first kappa shape index (κ1) is 27.4. The van der Waals surface area contributed by atoms with E-state index in [0.717, 1.165) is 22.8 Å². The van der Waals surface area contributed by atoms with Gasteiger partial charge in [0.25, 0.3) is 0 Å². The van der Waals surface area contributed by atoms with Crippen molar-refractivity contribution < 1.29 is 27.1 Å². The van der Waals surface area contributed by atoms with Gasteiger partial charge in [-0.1, -0.05) is 23.5 Å². The normalized spacial score (nSPS) is 13.1. The maximum absolute atomic E-state index is 12.0. The largest absolute Gasteiger partial charge is 0.444 e. The summed E-state index contributed by atoms with van der Waals surface area (Å²) in [7, 11) is -4.67. The molecule has 0 atom stereocenters. The molecule has 0 aliphatic carbocycles. The summed E-state index contributed by atoms with van der Waals surface area (Å²) in [6, 6.07) is 0. The lowest BCUT2D eigenvalue weighted by Gasteiger charge is -2.30. The average Bonchev–Trinajstić information content (AvgIpc) is 2.58. The molecule has 0 saturated carbocycles. The number of amides is 1. The van der Waals surface area contributed by atoms with Crippen molar-refractivity contribution in [2.24, 2.45) is 5.73 Å². The third kappa shape index (κ3) is 14.1. The minimum absolute atomic E-state index is 0.171. The molecule has 0 unspecified atom stereocenters. The minimum atomic E-state index is -4.67. The molecule has 14 heteroatoms. The van der Waals surface area contributed by atoms with Crippen molar-refractivity contribution in [2.75, 3.05) is 19.1 Å². The van der Waals surface area contributed by atoms with Gasteiger partial charge in [-0.15, -0.1) is 0 Å². The van der Waals surface area contributed by atoms with Crippen molar-refractivity contribution in [2.45, 2.75) is 44.5 Å². The number of thioether (sulfide) groups is 2. The van der Waals surface area contributed by atoms with Crippen molar-refractivity contribution in [3.8, 4) is 0 Å². The Kier molecular flexibility index (Phi) is 11.5. The smallest absolute Gasteiger partial charge is 0.410 e. The van der Waals surface area contributed by atoms with Crippen LogP contribution in [0.5, 0.6) is 0 Å². The minimum Gasteiger partial charge on any atom is -0.444 e. The summed E-state index contributed by atoms with van der Waals surface area (Å²) >= 11 is 2.77. The van der Waals surface area contributed by atoms with Gasteiger partial charge in [-0.05, 0) is 33.3 Å². The van der Waals surface area contributed by atoms with Gasteiger partial charge in [0.2, 0.25) is 0 Å². The van der Waals surface area contributed by atoms with Crippen LogP contribution in [0.1, 0.15) is 32.0 Å². The molecule has 1 aliphatic heterocycles. The summed E-state index contributed by atoms with van der Waals surface area (Å²) in [5.41, 5.74) is 6.43. The molecule has 1 amide bonds. The van der Waals surface area contributed by atoms with Crippen LogP contribution in [-0.4, -0.2) is 68.3 Å². The lowest BCUT2D eigenvalue weighted by molar-refractivity contribution is 0.0222. The fourth-order valence-electron chi connectivity index (χ4n) is 1.88. The van der Waals surface area contributed by atoms with E-state index in [2.05, 4.69) is 9.97 Å². The molecule has 0 saturated heterocycles. The van der Waals surface area contributed by atoms with Crippen molar-refractivity contribution in [3.05, 3.63) is 17.5 Å². The Labute approximate surface area is 179 Å². The molecule has 29 heavy (non-hydrogen) atoms. The summed E-state index contributed by atoms with van der Waals surface area (Å²) < 4.78 is 37.0. The third-order valence-electron chi connectivity index (χ3n) is 2.97. The number of nitrogens with zero attached hydrogens (tertiary/aromatic N) is 3. The average molecular weight is 470 g/mol. The molecule has 11 nitrogen and oxygen atoms in total. The standard InChI is InChI=1S/C13H19N3O2S.C2H6N2S.H2O4S/c1-13(2,3)18-12(17)16-6-5-10-9(8-16)7-14-11(15-10)19-4;1-5-2(3)4;1-5(2,3)4/h7H,5-6,8H2,1-4H3;1H3,(H3,3,4);(H2,1,2,3,4). The van der Waals surface area contributed by atoms with Gasteiger partial charge < -0.3 is 15.4 Å². The Hall–Kier alpha value is -1.61. The fraction of sp³-hybridized carbons (Fsp3) is 0.600. The summed E-state index contributed by atoms with van der Waals surface area (Å²) in [4.78, 5) is 22.4.